The van der Waals surface area contributed by atoms with Crippen molar-refractivity contribution < 1.29 is 22.7 Å². The van der Waals surface area contributed by atoms with Crippen LogP contribution in [-0.2, 0) is 14.8 Å². The molecule has 2 aromatic carbocycles. The molecule has 9 nitrogen and oxygen atoms in total. The highest BCUT2D eigenvalue weighted by Gasteiger charge is 2.36. The van der Waals surface area contributed by atoms with E-state index in [0.29, 0.717) is 21.6 Å². The molecule has 1 N–H and O–H groups in total. The molecular formula is C20H20N4O5S2. The van der Waals surface area contributed by atoms with Crippen molar-refractivity contribution in [1.82, 2.24) is 10.2 Å². The lowest BCUT2D eigenvalue weighted by molar-refractivity contribution is -0.122. The third-order valence-electron chi connectivity index (χ3n) is 4.72. The Bertz CT molecular complexity index is 1190. The first-order valence-electron chi connectivity index (χ1n) is 9.46. The van der Waals surface area contributed by atoms with Crippen LogP contribution in [0.25, 0.3) is 10.6 Å². The zero-order chi connectivity index (χ0) is 22.0. The largest absolute Gasteiger partial charge is 0.497 e. The number of hydrogen-bond acceptors (Lipinski definition) is 8. The Morgan fingerprint density at radius 1 is 1.23 bits per heavy atom. The second-order valence-corrected chi connectivity index (χ2v) is 9.80. The number of aromatic nitrogens is 2. The summed E-state index contributed by atoms with van der Waals surface area (Å²) in [6.07, 6.45) is -1.02. The fourth-order valence-corrected chi connectivity index (χ4v) is 4.94. The van der Waals surface area contributed by atoms with E-state index in [9.17, 15) is 13.2 Å². The number of anilines is 2. The number of methoxy groups -OCH3 is 1. The van der Waals surface area contributed by atoms with Gasteiger partial charge in [0.15, 0.2) is 6.10 Å². The van der Waals surface area contributed by atoms with Crippen LogP contribution in [0, 0.1) is 0 Å². The average Bonchev–Trinajstić information content (AvgIpc) is 3.26. The van der Waals surface area contributed by atoms with Crippen molar-refractivity contribution in [2.45, 2.75) is 13.0 Å². The number of ether oxygens (including phenoxy) is 2. The zero-order valence-electron chi connectivity index (χ0n) is 16.8. The highest BCUT2D eigenvalue weighted by Crippen LogP contribution is 2.35. The Morgan fingerprint density at radius 3 is 2.68 bits per heavy atom. The maximum atomic E-state index is 12.8. The van der Waals surface area contributed by atoms with Crippen LogP contribution >= 0.6 is 11.3 Å². The quantitative estimate of drug-likeness (QED) is 0.602. The van der Waals surface area contributed by atoms with Gasteiger partial charge in [-0.1, -0.05) is 23.5 Å². The van der Waals surface area contributed by atoms with Crippen LogP contribution in [0.3, 0.4) is 0 Å². The van der Waals surface area contributed by atoms with Crippen molar-refractivity contribution in [3.05, 3.63) is 48.5 Å². The number of nitrogens with zero attached hydrogens (tertiary/aromatic N) is 3. The Morgan fingerprint density at radius 2 is 1.97 bits per heavy atom. The lowest BCUT2D eigenvalue weighted by Crippen LogP contribution is -2.49. The SMILES string of the molecule is CCS(=O)(=O)N1CC(C(=O)Nc2nnc(-c3ccc(OC)cc3)s2)Oc2ccccc21. The number of amides is 1. The molecule has 1 amide bonds. The maximum absolute atomic E-state index is 12.8. The molecule has 162 valence electrons. The Kier molecular flexibility index (Phi) is 5.79. The average molecular weight is 461 g/mol. The molecule has 1 aliphatic heterocycles. The second-order valence-electron chi connectivity index (χ2n) is 6.64. The molecule has 11 heteroatoms. The molecule has 31 heavy (non-hydrogen) atoms. The number of fused-ring (bicyclic) bond motifs is 1. The number of carbonyl (C=O) groups is 1. The van der Waals surface area contributed by atoms with E-state index in [-0.39, 0.29) is 12.3 Å². The summed E-state index contributed by atoms with van der Waals surface area (Å²) < 4.78 is 37.3. The van der Waals surface area contributed by atoms with Crippen LogP contribution in [0.15, 0.2) is 48.5 Å². The van der Waals surface area contributed by atoms with Crippen molar-refractivity contribution in [3.63, 3.8) is 0 Å². The van der Waals surface area contributed by atoms with E-state index < -0.39 is 22.0 Å². The minimum atomic E-state index is -3.57. The van der Waals surface area contributed by atoms with E-state index in [0.717, 1.165) is 11.3 Å². The minimum Gasteiger partial charge on any atom is -0.497 e. The smallest absolute Gasteiger partial charge is 0.269 e. The number of hydrogen-bond donors (Lipinski definition) is 1. The lowest BCUT2D eigenvalue weighted by atomic mass is 10.2. The number of sulfonamides is 1. The van der Waals surface area contributed by atoms with Gasteiger partial charge in [0.2, 0.25) is 15.2 Å². The lowest BCUT2D eigenvalue weighted by Gasteiger charge is -2.34. The van der Waals surface area contributed by atoms with Gasteiger partial charge in [0.05, 0.1) is 25.1 Å². The van der Waals surface area contributed by atoms with Gasteiger partial charge in [-0.3, -0.25) is 14.4 Å². The molecule has 1 unspecified atom stereocenters. The van der Waals surface area contributed by atoms with E-state index in [1.165, 1.54) is 15.6 Å². The van der Waals surface area contributed by atoms with E-state index in [1.807, 2.05) is 24.3 Å². The summed E-state index contributed by atoms with van der Waals surface area (Å²) in [7, 11) is -1.98. The molecule has 0 radical (unpaired) electrons. The molecule has 0 saturated carbocycles. The molecule has 2 heterocycles. The Balaban J connectivity index is 1.52. The molecule has 0 fully saturated rings. The van der Waals surface area contributed by atoms with Gasteiger partial charge in [-0.05, 0) is 43.3 Å². The molecular weight excluding hydrogens is 440 g/mol. The molecule has 4 rings (SSSR count). The molecule has 0 aliphatic carbocycles. The Hall–Kier alpha value is -3.18. The molecule has 1 aliphatic rings. The molecule has 0 spiro atoms. The first-order chi connectivity index (χ1) is 14.9. The van der Waals surface area contributed by atoms with Crippen LogP contribution < -0.4 is 19.1 Å². The molecule has 1 aromatic heterocycles. The minimum absolute atomic E-state index is 0.0860. The number of para-hydroxylation sites is 2. The summed E-state index contributed by atoms with van der Waals surface area (Å²) in [5.41, 5.74) is 1.26. The van der Waals surface area contributed by atoms with Crippen LogP contribution in [0.5, 0.6) is 11.5 Å². The van der Waals surface area contributed by atoms with Crippen LogP contribution in [-0.4, -0.2) is 50.0 Å². The first-order valence-corrected chi connectivity index (χ1v) is 11.9. The first kappa shape index (κ1) is 21.1. The van der Waals surface area contributed by atoms with Crippen LogP contribution in [0.1, 0.15) is 6.92 Å². The van der Waals surface area contributed by atoms with Gasteiger partial charge in [-0.2, -0.15) is 0 Å². The standard InChI is InChI=1S/C20H20N4O5S2/c1-3-31(26,27)24-12-17(29-16-7-5-4-6-15(16)24)18(25)21-20-23-22-19(30-20)13-8-10-14(28-2)11-9-13/h4-11,17H,3,12H2,1-2H3,(H,21,23,25). The van der Waals surface area contributed by atoms with Gasteiger partial charge in [0, 0.05) is 5.56 Å². The van der Waals surface area contributed by atoms with Gasteiger partial charge >= 0.3 is 0 Å². The highest BCUT2D eigenvalue weighted by molar-refractivity contribution is 7.92. The fraction of sp³-hybridized carbons (Fsp3) is 0.250. The number of carbonyl (C=O) groups excluding carboxylic acids is 1. The normalized spacial score (nSPS) is 15.7. The molecule has 0 saturated heterocycles. The summed E-state index contributed by atoms with van der Waals surface area (Å²) in [6, 6.07) is 14.1. The van der Waals surface area contributed by atoms with Gasteiger partial charge < -0.3 is 9.47 Å². The van der Waals surface area contributed by atoms with E-state index in [2.05, 4.69) is 15.5 Å². The number of nitrogens with one attached hydrogen (secondary N) is 1. The molecule has 3 aromatic rings. The molecule has 1 atom stereocenters. The predicted molar refractivity (Wildman–Crippen MR) is 118 cm³/mol. The van der Waals surface area contributed by atoms with Crippen molar-refractivity contribution in [3.8, 4) is 22.1 Å². The second kappa shape index (κ2) is 8.52. The van der Waals surface area contributed by atoms with Crippen molar-refractivity contribution in [2.75, 3.05) is 29.0 Å². The maximum Gasteiger partial charge on any atom is 0.269 e. The van der Waals surface area contributed by atoms with Crippen molar-refractivity contribution in [1.29, 1.82) is 0 Å². The van der Waals surface area contributed by atoms with Gasteiger partial charge in [-0.25, -0.2) is 8.42 Å². The van der Waals surface area contributed by atoms with Gasteiger partial charge in [0.1, 0.15) is 16.5 Å². The van der Waals surface area contributed by atoms with E-state index >= 15 is 0 Å². The van der Waals surface area contributed by atoms with E-state index in [1.54, 1.807) is 38.3 Å². The zero-order valence-corrected chi connectivity index (χ0v) is 18.4. The highest BCUT2D eigenvalue weighted by atomic mass is 32.2. The van der Waals surface area contributed by atoms with Crippen LogP contribution in [0.2, 0.25) is 0 Å². The van der Waals surface area contributed by atoms with Crippen LogP contribution in [0.4, 0.5) is 10.8 Å². The predicted octanol–water partition coefficient (Wildman–Crippen LogP) is 2.77. The fourth-order valence-electron chi connectivity index (χ4n) is 3.07. The Labute approximate surface area is 183 Å². The summed E-state index contributed by atoms with van der Waals surface area (Å²) in [6.45, 7) is 1.44. The van der Waals surface area contributed by atoms with Gasteiger partial charge in [0.25, 0.3) is 5.91 Å². The third kappa shape index (κ3) is 4.32. The van der Waals surface area contributed by atoms with Gasteiger partial charge in [-0.15, -0.1) is 10.2 Å². The monoisotopic (exact) mass is 460 g/mol. The number of benzene rings is 2. The molecule has 0 bridgehead atoms. The third-order valence-corrected chi connectivity index (χ3v) is 7.35. The van der Waals surface area contributed by atoms with E-state index in [4.69, 9.17) is 9.47 Å². The summed E-state index contributed by atoms with van der Waals surface area (Å²) in [5, 5.41) is 11.7. The van der Waals surface area contributed by atoms with Crippen molar-refractivity contribution in [2.24, 2.45) is 0 Å². The summed E-state index contributed by atoms with van der Waals surface area (Å²) in [4.78, 5) is 12.8. The summed E-state index contributed by atoms with van der Waals surface area (Å²) >= 11 is 1.21. The van der Waals surface area contributed by atoms with Crippen molar-refractivity contribution >= 4 is 38.1 Å². The number of rotatable bonds is 6. The summed E-state index contributed by atoms with van der Waals surface area (Å²) in [5.74, 6) is 0.477. The topological polar surface area (TPSA) is 111 Å².